The van der Waals surface area contributed by atoms with Crippen LogP contribution >= 0.6 is 0 Å². The Morgan fingerprint density at radius 1 is 0.535 bits per heavy atom. The summed E-state index contributed by atoms with van der Waals surface area (Å²) < 4.78 is 33.0. The van der Waals surface area contributed by atoms with Crippen molar-refractivity contribution in [3.63, 3.8) is 0 Å². The molecule has 0 radical (unpaired) electrons. The molecule has 3 heterocycles. The van der Waals surface area contributed by atoms with Gasteiger partial charge in [0.25, 0.3) is 0 Å². The summed E-state index contributed by atoms with van der Waals surface area (Å²) in [6.45, 7) is -7.64. The highest BCUT2D eigenvalue weighted by Crippen LogP contribution is 2.40. The van der Waals surface area contributed by atoms with Gasteiger partial charge in [0, 0.05) is 0 Å². The van der Waals surface area contributed by atoms with E-state index in [2.05, 4.69) is 0 Å². The number of hydrogen-bond acceptors (Lipinski definition) is 20. The Morgan fingerprint density at radius 2 is 0.907 bits per heavy atom. The molecule has 0 aromatic heterocycles. The SMILES string of the molecule is OC[C@@H](O)[C@H](O)[C@@H](O)COC1(COC2(COC3(CO)O[C@H](CO)[C@@H](O)[C@@H]3O)O[C@H](CO)[C@@H](O)[C@@H]2O)O[C@H](CO)[C@@H](O)[C@@H]1O. The highest BCUT2D eigenvalue weighted by molar-refractivity contribution is 5.02. The third-order valence-electron chi connectivity index (χ3n) is 7.79. The number of rotatable bonds is 16. The maximum atomic E-state index is 10.9. The first-order valence-corrected chi connectivity index (χ1v) is 13.3. The number of aliphatic hydroxyl groups excluding tert-OH is 14. The summed E-state index contributed by atoms with van der Waals surface area (Å²) in [6.07, 6.45) is -21.6. The third-order valence-corrected chi connectivity index (χ3v) is 7.79. The molecule has 0 aliphatic carbocycles. The van der Waals surface area contributed by atoms with Crippen molar-refractivity contribution in [1.29, 1.82) is 0 Å². The highest BCUT2D eigenvalue weighted by atomic mass is 16.8. The van der Waals surface area contributed by atoms with Gasteiger partial charge in [-0.1, -0.05) is 0 Å². The van der Waals surface area contributed by atoms with Crippen LogP contribution in [0, 0.1) is 0 Å². The van der Waals surface area contributed by atoms with Gasteiger partial charge in [-0.05, 0) is 0 Å². The van der Waals surface area contributed by atoms with Gasteiger partial charge < -0.3 is 99.9 Å². The Hall–Kier alpha value is -0.800. The average molecular weight is 639 g/mol. The number of hydrogen-bond donors (Lipinski definition) is 14. The van der Waals surface area contributed by atoms with Crippen molar-refractivity contribution in [2.45, 2.75) is 90.6 Å². The Labute approximate surface area is 244 Å². The molecule has 0 aromatic rings. The zero-order chi connectivity index (χ0) is 32.3. The van der Waals surface area contributed by atoms with Gasteiger partial charge in [-0.25, -0.2) is 0 Å². The molecule has 0 aromatic carbocycles. The van der Waals surface area contributed by atoms with Crippen molar-refractivity contribution in [1.82, 2.24) is 0 Å². The normalized spacial score (nSPS) is 45.5. The molecule has 3 aliphatic heterocycles. The van der Waals surface area contributed by atoms with E-state index in [1.54, 1.807) is 0 Å². The molecule has 0 spiro atoms. The van der Waals surface area contributed by atoms with Gasteiger partial charge in [-0.3, -0.25) is 0 Å². The first-order valence-electron chi connectivity index (χ1n) is 13.3. The van der Waals surface area contributed by atoms with Crippen LogP contribution in [0.1, 0.15) is 0 Å². The van der Waals surface area contributed by atoms with Crippen molar-refractivity contribution >= 4 is 0 Å². The fraction of sp³-hybridized carbons (Fsp3) is 1.00. The molecule has 254 valence electrons. The van der Waals surface area contributed by atoms with E-state index in [0.29, 0.717) is 0 Å². The fourth-order valence-electron chi connectivity index (χ4n) is 5.00. The van der Waals surface area contributed by atoms with Gasteiger partial charge in [0.1, 0.15) is 93.1 Å². The molecule has 20 heteroatoms. The quantitative estimate of drug-likeness (QED) is 0.0746. The lowest BCUT2D eigenvalue weighted by Crippen LogP contribution is -2.58. The second kappa shape index (κ2) is 14.7. The molecule has 20 nitrogen and oxygen atoms in total. The molecule has 3 aliphatic rings. The Bertz CT molecular complexity index is 871. The minimum Gasteiger partial charge on any atom is -0.394 e. The van der Waals surface area contributed by atoms with E-state index in [-0.39, 0.29) is 0 Å². The van der Waals surface area contributed by atoms with Gasteiger partial charge in [0.15, 0.2) is 0 Å². The minimum absolute atomic E-state index is 0.797. The molecule has 0 amide bonds. The molecule has 15 atom stereocenters. The Balaban J connectivity index is 1.89. The summed E-state index contributed by atoms with van der Waals surface area (Å²) >= 11 is 0. The van der Waals surface area contributed by atoms with E-state index < -0.39 is 143 Å². The van der Waals surface area contributed by atoms with Crippen LogP contribution in [0.2, 0.25) is 0 Å². The van der Waals surface area contributed by atoms with E-state index in [0.717, 1.165) is 0 Å². The first kappa shape index (κ1) is 36.7. The highest BCUT2D eigenvalue weighted by Gasteiger charge is 2.62. The molecular weight excluding hydrogens is 596 g/mol. The van der Waals surface area contributed by atoms with Gasteiger partial charge >= 0.3 is 0 Å². The van der Waals surface area contributed by atoms with E-state index in [9.17, 15) is 66.4 Å². The summed E-state index contributed by atoms with van der Waals surface area (Å²) in [4.78, 5) is 0. The lowest BCUT2D eigenvalue weighted by Gasteiger charge is -2.40. The van der Waals surface area contributed by atoms with Crippen LogP contribution in [-0.2, 0) is 28.4 Å². The minimum atomic E-state index is -2.56. The van der Waals surface area contributed by atoms with Crippen molar-refractivity contribution in [2.24, 2.45) is 0 Å². The molecule has 43 heavy (non-hydrogen) atoms. The Kier molecular flexibility index (Phi) is 12.6. The lowest BCUT2D eigenvalue weighted by molar-refractivity contribution is -0.366. The Morgan fingerprint density at radius 3 is 1.28 bits per heavy atom. The van der Waals surface area contributed by atoms with Crippen LogP contribution in [0.25, 0.3) is 0 Å². The van der Waals surface area contributed by atoms with Crippen molar-refractivity contribution < 1.29 is 99.9 Å². The van der Waals surface area contributed by atoms with E-state index in [1.165, 1.54) is 0 Å². The van der Waals surface area contributed by atoms with Crippen LogP contribution in [-0.4, -0.2) is 215 Å². The third kappa shape index (κ3) is 6.99. The zero-order valence-corrected chi connectivity index (χ0v) is 22.8. The van der Waals surface area contributed by atoms with Crippen molar-refractivity contribution in [3.8, 4) is 0 Å². The number of ether oxygens (including phenoxy) is 6. The molecule has 3 fully saturated rings. The monoisotopic (exact) mass is 638 g/mol. The molecular formula is C23H42O20. The molecule has 0 saturated carbocycles. The predicted octanol–water partition coefficient (Wildman–Crippen LogP) is -9.47. The zero-order valence-electron chi connectivity index (χ0n) is 22.8. The van der Waals surface area contributed by atoms with Crippen LogP contribution in [0.4, 0.5) is 0 Å². The van der Waals surface area contributed by atoms with Crippen LogP contribution < -0.4 is 0 Å². The fourth-order valence-corrected chi connectivity index (χ4v) is 5.00. The maximum Gasteiger partial charge on any atom is 0.222 e. The second-order valence-corrected chi connectivity index (χ2v) is 10.6. The smallest absolute Gasteiger partial charge is 0.222 e. The summed E-state index contributed by atoms with van der Waals surface area (Å²) in [7, 11) is 0. The molecule has 3 saturated heterocycles. The van der Waals surface area contributed by atoms with Gasteiger partial charge in [-0.15, -0.1) is 0 Å². The molecule has 14 N–H and O–H groups in total. The van der Waals surface area contributed by atoms with E-state index in [1.807, 2.05) is 0 Å². The van der Waals surface area contributed by atoms with Gasteiger partial charge in [0.05, 0.1) is 33.0 Å². The van der Waals surface area contributed by atoms with E-state index in [4.69, 9.17) is 33.5 Å². The molecule has 3 unspecified atom stereocenters. The summed E-state index contributed by atoms with van der Waals surface area (Å²) in [5, 5.41) is 141. The van der Waals surface area contributed by atoms with Crippen LogP contribution in [0.15, 0.2) is 0 Å². The average Bonchev–Trinajstić information content (AvgIpc) is 3.52. The standard InChI is InChI=1S/C23H42O20/c24-1-9(29)14(31)10(30)5-38-22(19(36)16(33)12(3-26)42-22)7-40-23(20(37)17(34)13(4-27)43-23)8-39-21(6-28)18(35)15(32)11(2-25)41-21/h9-20,24-37H,1-8H2/t9-,10+,11-,12-,13-,14+,15-,16-,17-,18+,19+,20+,21?,22?,23?/m1/s1. The summed E-state index contributed by atoms with van der Waals surface area (Å²) in [5.74, 6) is -7.50. The van der Waals surface area contributed by atoms with Crippen LogP contribution in [0.3, 0.4) is 0 Å². The predicted molar refractivity (Wildman–Crippen MR) is 130 cm³/mol. The topological polar surface area (TPSA) is 339 Å². The first-order chi connectivity index (χ1) is 20.2. The maximum absolute atomic E-state index is 10.9. The van der Waals surface area contributed by atoms with E-state index >= 15 is 0 Å². The van der Waals surface area contributed by atoms with Crippen LogP contribution in [0.5, 0.6) is 0 Å². The largest absolute Gasteiger partial charge is 0.394 e. The summed E-state index contributed by atoms with van der Waals surface area (Å²) in [6, 6.07) is 0. The summed E-state index contributed by atoms with van der Waals surface area (Å²) in [5.41, 5.74) is 0. The van der Waals surface area contributed by atoms with Crippen molar-refractivity contribution in [2.75, 3.05) is 52.9 Å². The van der Waals surface area contributed by atoms with Gasteiger partial charge in [0.2, 0.25) is 17.4 Å². The number of aliphatic hydroxyl groups is 14. The van der Waals surface area contributed by atoms with Gasteiger partial charge in [-0.2, -0.15) is 0 Å². The molecule has 3 rings (SSSR count). The second-order valence-electron chi connectivity index (χ2n) is 10.6. The molecule has 0 bridgehead atoms. The lowest BCUT2D eigenvalue weighted by atomic mass is 10.0. The van der Waals surface area contributed by atoms with Crippen molar-refractivity contribution in [3.05, 3.63) is 0 Å².